The molecule has 3 aromatic carbocycles. The Labute approximate surface area is 136 Å². The SMILES string of the molecule is COc1ccc(O)c(-c2c(O)ccc3ccc(Br)cc23)c1C. The van der Waals surface area contributed by atoms with Gasteiger partial charge in [-0.3, -0.25) is 0 Å². The summed E-state index contributed by atoms with van der Waals surface area (Å²) < 4.78 is 6.24. The van der Waals surface area contributed by atoms with Crippen molar-refractivity contribution in [2.45, 2.75) is 6.92 Å². The Balaban J connectivity index is 2.45. The van der Waals surface area contributed by atoms with Crippen molar-refractivity contribution >= 4 is 26.7 Å². The molecule has 0 aromatic heterocycles. The predicted molar refractivity (Wildman–Crippen MR) is 91.7 cm³/mol. The Morgan fingerprint density at radius 2 is 1.55 bits per heavy atom. The van der Waals surface area contributed by atoms with Crippen LogP contribution in [-0.4, -0.2) is 17.3 Å². The van der Waals surface area contributed by atoms with Crippen LogP contribution < -0.4 is 4.74 Å². The summed E-state index contributed by atoms with van der Waals surface area (Å²) >= 11 is 3.46. The number of benzene rings is 3. The van der Waals surface area contributed by atoms with Gasteiger partial charge in [-0.25, -0.2) is 0 Å². The summed E-state index contributed by atoms with van der Waals surface area (Å²) in [7, 11) is 1.59. The molecule has 0 saturated carbocycles. The fourth-order valence-electron chi connectivity index (χ4n) is 2.76. The first-order valence-electron chi connectivity index (χ1n) is 6.81. The van der Waals surface area contributed by atoms with Crippen LogP contribution in [0.5, 0.6) is 17.2 Å². The number of fused-ring (bicyclic) bond motifs is 1. The summed E-state index contributed by atoms with van der Waals surface area (Å²) in [5.41, 5.74) is 1.97. The zero-order chi connectivity index (χ0) is 15.9. The van der Waals surface area contributed by atoms with Crippen molar-refractivity contribution in [2.75, 3.05) is 7.11 Å². The highest BCUT2D eigenvalue weighted by molar-refractivity contribution is 9.10. The van der Waals surface area contributed by atoms with Gasteiger partial charge in [-0.2, -0.15) is 0 Å². The van der Waals surface area contributed by atoms with Crippen LogP contribution in [0, 0.1) is 6.92 Å². The molecule has 4 heteroatoms. The maximum Gasteiger partial charge on any atom is 0.124 e. The zero-order valence-corrected chi connectivity index (χ0v) is 13.8. The van der Waals surface area contributed by atoms with Crippen LogP contribution >= 0.6 is 15.9 Å². The molecule has 0 amide bonds. The van der Waals surface area contributed by atoms with Gasteiger partial charge in [-0.05, 0) is 48.0 Å². The minimum Gasteiger partial charge on any atom is -0.507 e. The molecule has 0 atom stereocenters. The Kier molecular flexibility index (Phi) is 3.71. The van der Waals surface area contributed by atoms with E-state index < -0.39 is 0 Å². The molecule has 0 fully saturated rings. The quantitative estimate of drug-likeness (QED) is 0.677. The van der Waals surface area contributed by atoms with Crippen molar-refractivity contribution in [1.29, 1.82) is 0 Å². The number of aromatic hydroxyl groups is 2. The first-order chi connectivity index (χ1) is 10.5. The topological polar surface area (TPSA) is 49.7 Å². The normalized spacial score (nSPS) is 10.9. The second-order valence-corrected chi connectivity index (χ2v) is 6.03. The van der Waals surface area contributed by atoms with E-state index in [1.807, 2.05) is 31.2 Å². The smallest absolute Gasteiger partial charge is 0.124 e. The standard InChI is InChI=1S/C18H15BrO3/c1-10-16(22-2)8-7-14(20)17(10)18-13-9-12(19)5-3-11(13)4-6-15(18)21/h3-9,20-21H,1-2H3. The van der Waals surface area contributed by atoms with Gasteiger partial charge in [0.25, 0.3) is 0 Å². The highest BCUT2D eigenvalue weighted by atomic mass is 79.9. The van der Waals surface area contributed by atoms with E-state index in [0.717, 1.165) is 20.8 Å². The summed E-state index contributed by atoms with van der Waals surface area (Å²) in [6.07, 6.45) is 0. The molecule has 0 spiro atoms. The van der Waals surface area contributed by atoms with Crippen molar-refractivity contribution in [3.05, 3.63) is 52.5 Å². The van der Waals surface area contributed by atoms with E-state index in [0.29, 0.717) is 16.9 Å². The largest absolute Gasteiger partial charge is 0.507 e. The lowest BCUT2D eigenvalue weighted by molar-refractivity contribution is 0.409. The van der Waals surface area contributed by atoms with Gasteiger partial charge < -0.3 is 14.9 Å². The lowest BCUT2D eigenvalue weighted by atomic mass is 9.93. The number of hydrogen-bond acceptors (Lipinski definition) is 3. The third kappa shape index (κ3) is 2.29. The van der Waals surface area contributed by atoms with Crippen molar-refractivity contribution in [2.24, 2.45) is 0 Å². The van der Waals surface area contributed by atoms with Crippen LogP contribution in [0.15, 0.2) is 46.9 Å². The molecule has 112 valence electrons. The van der Waals surface area contributed by atoms with Crippen LogP contribution in [-0.2, 0) is 0 Å². The number of rotatable bonds is 2. The number of halogens is 1. The lowest BCUT2D eigenvalue weighted by Crippen LogP contribution is -1.92. The lowest BCUT2D eigenvalue weighted by Gasteiger charge is -2.16. The molecule has 0 aliphatic rings. The van der Waals surface area contributed by atoms with E-state index in [2.05, 4.69) is 15.9 Å². The van der Waals surface area contributed by atoms with E-state index >= 15 is 0 Å². The molecule has 0 unspecified atom stereocenters. The van der Waals surface area contributed by atoms with Gasteiger partial charge in [-0.1, -0.05) is 28.1 Å². The maximum atomic E-state index is 10.4. The number of methoxy groups -OCH3 is 1. The van der Waals surface area contributed by atoms with Crippen molar-refractivity contribution in [3.8, 4) is 28.4 Å². The first kappa shape index (κ1) is 14.7. The molecule has 3 nitrogen and oxygen atoms in total. The van der Waals surface area contributed by atoms with E-state index in [-0.39, 0.29) is 11.5 Å². The molecule has 3 rings (SSSR count). The summed E-state index contributed by atoms with van der Waals surface area (Å²) in [5.74, 6) is 0.900. The fraction of sp³-hybridized carbons (Fsp3) is 0.111. The van der Waals surface area contributed by atoms with Gasteiger partial charge in [0.1, 0.15) is 17.2 Å². The molecule has 2 N–H and O–H groups in total. The molecule has 0 aliphatic heterocycles. The minimum atomic E-state index is 0.112. The van der Waals surface area contributed by atoms with Crippen molar-refractivity contribution in [3.63, 3.8) is 0 Å². The van der Waals surface area contributed by atoms with Crippen LogP contribution in [0.1, 0.15) is 5.56 Å². The molecule has 22 heavy (non-hydrogen) atoms. The number of hydrogen-bond donors (Lipinski definition) is 2. The third-order valence-corrected chi connectivity index (χ3v) is 4.32. The highest BCUT2D eigenvalue weighted by Crippen LogP contribution is 2.45. The summed E-state index contributed by atoms with van der Waals surface area (Å²) in [5, 5.41) is 22.6. The van der Waals surface area contributed by atoms with E-state index in [1.165, 1.54) is 0 Å². The second-order valence-electron chi connectivity index (χ2n) is 5.11. The van der Waals surface area contributed by atoms with Gasteiger partial charge in [-0.15, -0.1) is 0 Å². The van der Waals surface area contributed by atoms with Crippen LogP contribution in [0.2, 0.25) is 0 Å². The number of phenolic OH excluding ortho intramolecular Hbond substituents is 2. The van der Waals surface area contributed by atoms with Gasteiger partial charge in [0, 0.05) is 21.2 Å². The molecule has 0 radical (unpaired) electrons. The molecule has 0 saturated heterocycles. The summed E-state index contributed by atoms with van der Waals surface area (Å²) in [6, 6.07) is 12.6. The first-order valence-corrected chi connectivity index (χ1v) is 7.60. The van der Waals surface area contributed by atoms with Crippen LogP contribution in [0.4, 0.5) is 0 Å². The summed E-state index contributed by atoms with van der Waals surface area (Å²) in [4.78, 5) is 0. The fourth-order valence-corrected chi connectivity index (χ4v) is 3.12. The Bertz CT molecular complexity index is 867. The Morgan fingerprint density at radius 1 is 0.909 bits per heavy atom. The van der Waals surface area contributed by atoms with Crippen LogP contribution in [0.25, 0.3) is 21.9 Å². The number of phenols is 2. The highest BCUT2D eigenvalue weighted by Gasteiger charge is 2.18. The van der Waals surface area contributed by atoms with Gasteiger partial charge in [0.05, 0.1) is 7.11 Å². The van der Waals surface area contributed by atoms with Crippen molar-refractivity contribution < 1.29 is 14.9 Å². The Morgan fingerprint density at radius 3 is 2.27 bits per heavy atom. The molecule has 0 heterocycles. The van der Waals surface area contributed by atoms with Crippen molar-refractivity contribution in [1.82, 2.24) is 0 Å². The van der Waals surface area contributed by atoms with E-state index in [1.54, 1.807) is 25.3 Å². The summed E-state index contributed by atoms with van der Waals surface area (Å²) in [6.45, 7) is 1.87. The molecule has 0 bridgehead atoms. The predicted octanol–water partition coefficient (Wildman–Crippen LogP) is 5.00. The number of ether oxygens (including phenoxy) is 1. The minimum absolute atomic E-state index is 0.112. The maximum absolute atomic E-state index is 10.4. The second kappa shape index (κ2) is 5.54. The van der Waals surface area contributed by atoms with Gasteiger partial charge in [0.15, 0.2) is 0 Å². The van der Waals surface area contributed by atoms with Gasteiger partial charge in [0.2, 0.25) is 0 Å². The Hall–Kier alpha value is -2.20. The monoisotopic (exact) mass is 358 g/mol. The van der Waals surface area contributed by atoms with Crippen LogP contribution in [0.3, 0.4) is 0 Å². The third-order valence-electron chi connectivity index (χ3n) is 3.82. The van der Waals surface area contributed by atoms with E-state index in [9.17, 15) is 10.2 Å². The average molecular weight is 359 g/mol. The molecular weight excluding hydrogens is 344 g/mol. The average Bonchev–Trinajstić information content (AvgIpc) is 2.49. The zero-order valence-electron chi connectivity index (χ0n) is 12.2. The van der Waals surface area contributed by atoms with Gasteiger partial charge >= 0.3 is 0 Å². The molecule has 3 aromatic rings. The molecule has 0 aliphatic carbocycles. The molecular formula is C18H15BrO3. The van der Waals surface area contributed by atoms with E-state index in [4.69, 9.17) is 4.74 Å².